The fourth-order valence-electron chi connectivity index (χ4n) is 2.01. The molecule has 0 aliphatic carbocycles. The normalized spacial score (nSPS) is 16.8. The van der Waals surface area contributed by atoms with E-state index in [1.165, 1.54) is 0 Å². The third-order valence-electron chi connectivity index (χ3n) is 2.97. The number of carbonyl (C=O) groups excluding carboxylic acids is 1. The average molecular weight is 375 g/mol. The van der Waals surface area contributed by atoms with Crippen molar-refractivity contribution >= 4 is 34.5 Å². The van der Waals surface area contributed by atoms with Gasteiger partial charge in [0.05, 0.1) is 13.1 Å². The smallest absolute Gasteiger partial charge is 0.329 e. The zero-order valence-electron chi connectivity index (χ0n) is 10.4. The molecule has 1 aromatic rings. The fraction of sp³-hybridized carbons (Fsp3) is 0.385. The molecule has 102 valence electrons. The van der Waals surface area contributed by atoms with Crippen LogP contribution in [-0.4, -0.2) is 47.2 Å². The van der Waals surface area contributed by atoms with E-state index in [0.717, 1.165) is 3.57 Å². The Morgan fingerprint density at radius 2 is 1.95 bits per heavy atom. The first-order chi connectivity index (χ1) is 8.89. The van der Waals surface area contributed by atoms with Crippen LogP contribution in [-0.2, 0) is 9.53 Å². The number of halogens is 1. The lowest BCUT2D eigenvalue weighted by molar-refractivity contribution is -0.159. The Bertz CT molecular complexity index is 494. The van der Waals surface area contributed by atoms with Crippen LogP contribution in [0.2, 0.25) is 0 Å². The molecule has 6 heteroatoms. The van der Waals surface area contributed by atoms with Gasteiger partial charge in [0.2, 0.25) is 0 Å². The molecule has 2 rings (SSSR count). The molecule has 0 unspecified atom stereocenters. The number of aliphatic carboxylic acids is 1. The number of carbonyl (C=O) groups is 2. The monoisotopic (exact) mass is 375 g/mol. The van der Waals surface area contributed by atoms with Crippen molar-refractivity contribution in [1.29, 1.82) is 0 Å². The number of benzene rings is 1. The van der Waals surface area contributed by atoms with Gasteiger partial charge in [-0.15, -0.1) is 0 Å². The van der Waals surface area contributed by atoms with Crippen molar-refractivity contribution in [3.63, 3.8) is 0 Å². The maximum Gasteiger partial charge on any atom is 0.329 e. The standard InChI is InChI=1S/C13H14INO4/c1-13(19-6-11(16)17)7-15(8-13)12(18)9-2-4-10(14)5-3-9/h2-5H,6-8H2,1H3,(H,16,17). The first-order valence-corrected chi connectivity index (χ1v) is 6.88. The predicted molar refractivity (Wildman–Crippen MR) is 77.1 cm³/mol. The van der Waals surface area contributed by atoms with E-state index in [1.54, 1.807) is 17.0 Å². The Hall–Kier alpha value is -1.15. The van der Waals surface area contributed by atoms with Gasteiger partial charge in [0.15, 0.2) is 0 Å². The van der Waals surface area contributed by atoms with Gasteiger partial charge in [-0.3, -0.25) is 4.79 Å². The quantitative estimate of drug-likeness (QED) is 0.813. The highest BCUT2D eigenvalue weighted by atomic mass is 127. The second-order valence-corrected chi connectivity index (χ2v) is 6.05. The van der Waals surface area contributed by atoms with E-state index in [2.05, 4.69) is 22.6 Å². The largest absolute Gasteiger partial charge is 0.480 e. The van der Waals surface area contributed by atoms with Gasteiger partial charge in [0, 0.05) is 9.13 Å². The van der Waals surface area contributed by atoms with Crippen LogP contribution in [0.25, 0.3) is 0 Å². The summed E-state index contributed by atoms with van der Waals surface area (Å²) < 4.78 is 6.34. The van der Waals surface area contributed by atoms with Crippen molar-refractivity contribution in [1.82, 2.24) is 4.90 Å². The lowest BCUT2D eigenvalue weighted by Gasteiger charge is -2.47. The fourth-order valence-corrected chi connectivity index (χ4v) is 2.37. The molecule has 1 N–H and O–H groups in total. The van der Waals surface area contributed by atoms with Crippen molar-refractivity contribution in [2.45, 2.75) is 12.5 Å². The number of likely N-dealkylation sites (tertiary alicyclic amines) is 1. The lowest BCUT2D eigenvalue weighted by atomic mass is 9.95. The number of ether oxygens (including phenoxy) is 1. The highest BCUT2D eigenvalue weighted by molar-refractivity contribution is 14.1. The van der Waals surface area contributed by atoms with Gasteiger partial charge in [0.25, 0.3) is 5.91 Å². The Balaban J connectivity index is 1.91. The summed E-state index contributed by atoms with van der Waals surface area (Å²) in [6.07, 6.45) is 0. The summed E-state index contributed by atoms with van der Waals surface area (Å²) in [6, 6.07) is 7.34. The molecule has 1 aromatic carbocycles. The van der Waals surface area contributed by atoms with Crippen LogP contribution in [0.1, 0.15) is 17.3 Å². The molecule has 1 saturated heterocycles. The topological polar surface area (TPSA) is 66.8 Å². The van der Waals surface area contributed by atoms with Crippen LogP contribution in [0.3, 0.4) is 0 Å². The molecule has 0 spiro atoms. The predicted octanol–water partition coefficient (Wildman–Crippen LogP) is 1.61. The first kappa shape index (κ1) is 14.3. The van der Waals surface area contributed by atoms with Crippen molar-refractivity contribution < 1.29 is 19.4 Å². The molecule has 1 aliphatic heterocycles. The molecule has 0 atom stereocenters. The van der Waals surface area contributed by atoms with E-state index in [4.69, 9.17) is 9.84 Å². The summed E-state index contributed by atoms with van der Waals surface area (Å²) in [5.74, 6) is -1.04. The Labute approximate surface area is 124 Å². The number of hydrogen-bond donors (Lipinski definition) is 1. The van der Waals surface area contributed by atoms with Crippen LogP contribution in [0.15, 0.2) is 24.3 Å². The highest BCUT2D eigenvalue weighted by Crippen LogP contribution is 2.26. The average Bonchev–Trinajstić information content (AvgIpc) is 2.33. The molecule has 0 bridgehead atoms. The molecular formula is C13H14INO4. The molecule has 1 fully saturated rings. The van der Waals surface area contributed by atoms with Crippen molar-refractivity contribution in [2.24, 2.45) is 0 Å². The molecule has 5 nitrogen and oxygen atoms in total. The zero-order chi connectivity index (χ0) is 14.0. The highest BCUT2D eigenvalue weighted by Gasteiger charge is 2.42. The summed E-state index contributed by atoms with van der Waals surface area (Å²) in [4.78, 5) is 24.2. The molecule has 1 heterocycles. The second kappa shape index (κ2) is 5.46. The minimum atomic E-state index is -0.997. The van der Waals surface area contributed by atoms with Gasteiger partial charge < -0.3 is 14.7 Å². The third-order valence-corrected chi connectivity index (χ3v) is 3.69. The van der Waals surface area contributed by atoms with Crippen molar-refractivity contribution in [3.05, 3.63) is 33.4 Å². The van der Waals surface area contributed by atoms with Crippen LogP contribution in [0.5, 0.6) is 0 Å². The molecule has 0 radical (unpaired) electrons. The zero-order valence-corrected chi connectivity index (χ0v) is 12.6. The van der Waals surface area contributed by atoms with Gasteiger partial charge >= 0.3 is 5.97 Å². The van der Waals surface area contributed by atoms with Gasteiger partial charge in [-0.1, -0.05) is 0 Å². The number of rotatable bonds is 4. The van der Waals surface area contributed by atoms with Gasteiger partial charge in [-0.25, -0.2) is 4.79 Å². The summed E-state index contributed by atoms with van der Waals surface area (Å²) in [5, 5.41) is 8.57. The molecule has 0 saturated carbocycles. The summed E-state index contributed by atoms with van der Waals surface area (Å²) in [6.45, 7) is 2.33. The summed E-state index contributed by atoms with van der Waals surface area (Å²) >= 11 is 2.18. The molecule has 1 amide bonds. The van der Waals surface area contributed by atoms with Gasteiger partial charge in [-0.05, 0) is 53.8 Å². The minimum absolute atomic E-state index is 0.0483. The van der Waals surface area contributed by atoms with Crippen molar-refractivity contribution in [2.75, 3.05) is 19.7 Å². The van der Waals surface area contributed by atoms with Gasteiger partial charge in [-0.2, -0.15) is 0 Å². The molecule has 19 heavy (non-hydrogen) atoms. The Morgan fingerprint density at radius 3 is 2.47 bits per heavy atom. The van der Waals surface area contributed by atoms with Crippen LogP contribution >= 0.6 is 22.6 Å². The number of hydrogen-bond acceptors (Lipinski definition) is 3. The van der Waals surface area contributed by atoms with E-state index >= 15 is 0 Å². The van der Waals surface area contributed by atoms with E-state index < -0.39 is 11.6 Å². The lowest BCUT2D eigenvalue weighted by Crippen LogP contribution is -2.63. The van der Waals surface area contributed by atoms with E-state index in [9.17, 15) is 9.59 Å². The van der Waals surface area contributed by atoms with Gasteiger partial charge in [0.1, 0.15) is 12.2 Å². The van der Waals surface area contributed by atoms with Crippen LogP contribution in [0, 0.1) is 3.57 Å². The van der Waals surface area contributed by atoms with Crippen molar-refractivity contribution in [3.8, 4) is 0 Å². The molecule has 0 aromatic heterocycles. The number of nitrogens with zero attached hydrogens (tertiary/aromatic N) is 1. The Kier molecular flexibility index (Phi) is 4.10. The second-order valence-electron chi connectivity index (χ2n) is 4.80. The summed E-state index contributed by atoms with van der Waals surface area (Å²) in [5.41, 5.74) is 0.0951. The molecule has 1 aliphatic rings. The maximum absolute atomic E-state index is 12.1. The first-order valence-electron chi connectivity index (χ1n) is 5.80. The summed E-state index contributed by atoms with van der Waals surface area (Å²) in [7, 11) is 0. The number of carboxylic acids is 1. The number of carboxylic acid groups (broad SMARTS) is 1. The molecular weight excluding hydrogens is 361 g/mol. The van der Waals surface area contributed by atoms with E-state index in [0.29, 0.717) is 18.7 Å². The SMILES string of the molecule is CC1(OCC(=O)O)CN(C(=O)c2ccc(I)cc2)C1. The van der Waals surface area contributed by atoms with E-state index in [1.807, 2.05) is 19.1 Å². The maximum atomic E-state index is 12.1. The third kappa shape index (κ3) is 3.44. The number of amides is 1. The minimum Gasteiger partial charge on any atom is -0.480 e. The Morgan fingerprint density at radius 1 is 1.37 bits per heavy atom. The van der Waals surface area contributed by atoms with E-state index in [-0.39, 0.29) is 12.5 Å². The van der Waals surface area contributed by atoms with Crippen LogP contribution in [0.4, 0.5) is 0 Å². The van der Waals surface area contributed by atoms with Crippen LogP contribution < -0.4 is 0 Å².